The van der Waals surface area contributed by atoms with Crippen LogP contribution in [0.1, 0.15) is 37.9 Å². The van der Waals surface area contributed by atoms with Crippen molar-refractivity contribution in [2.45, 2.75) is 13.0 Å². The van der Waals surface area contributed by atoms with Gasteiger partial charge in [-0.1, -0.05) is 23.7 Å². The van der Waals surface area contributed by atoms with Crippen molar-refractivity contribution in [3.05, 3.63) is 56.7 Å². The molecule has 1 N–H and O–H groups in total. The summed E-state index contributed by atoms with van der Waals surface area (Å²) in [6.07, 6.45) is 0. The van der Waals surface area contributed by atoms with Gasteiger partial charge in [-0.15, -0.1) is 23.7 Å². The molecule has 1 aliphatic heterocycles. The minimum Gasteiger partial charge on any atom is -0.328 e. The molecule has 2 heterocycles. The van der Waals surface area contributed by atoms with Gasteiger partial charge < -0.3 is 10.2 Å². The number of hydrogen-bond donors (Lipinski definition) is 1. The van der Waals surface area contributed by atoms with Crippen molar-refractivity contribution in [2.24, 2.45) is 0 Å². The van der Waals surface area contributed by atoms with E-state index >= 15 is 0 Å². The number of benzene rings is 1. The van der Waals surface area contributed by atoms with Crippen LogP contribution in [0.3, 0.4) is 0 Å². The number of nitrogens with zero attached hydrogens (tertiary/aromatic N) is 1. The number of nitrogens with one attached hydrogen (secondary N) is 1. The first-order chi connectivity index (χ1) is 11.1. The molecule has 1 amide bonds. The van der Waals surface area contributed by atoms with Gasteiger partial charge in [-0.05, 0) is 36.8 Å². The molecule has 1 unspecified atom stereocenters. The second kappa shape index (κ2) is 8.12. The van der Waals surface area contributed by atoms with E-state index in [9.17, 15) is 9.59 Å². The summed E-state index contributed by atoms with van der Waals surface area (Å²) in [7, 11) is 0. The summed E-state index contributed by atoms with van der Waals surface area (Å²) in [6.45, 7) is 3.59. The lowest BCUT2D eigenvalue weighted by Gasteiger charge is -2.36. The predicted octanol–water partition coefficient (Wildman–Crippen LogP) is 3.81. The Hall–Kier alpha value is -1.40. The average Bonchev–Trinajstić information content (AvgIpc) is 3.04. The number of carbonyl (C=O) groups is 2. The number of carbonyl (C=O) groups excluding carboxylic acids is 2. The van der Waals surface area contributed by atoms with Crippen LogP contribution in [0, 0.1) is 0 Å². The second-order valence-corrected chi connectivity index (χ2v) is 7.01. The number of piperazine rings is 1. The van der Waals surface area contributed by atoms with Crippen LogP contribution in [-0.2, 0) is 0 Å². The summed E-state index contributed by atoms with van der Waals surface area (Å²) in [5.74, 6) is -0.0465. The molecule has 1 aromatic carbocycles. The van der Waals surface area contributed by atoms with Gasteiger partial charge in [-0.25, -0.2) is 0 Å². The third kappa shape index (κ3) is 3.98. The van der Waals surface area contributed by atoms with Gasteiger partial charge in [0.05, 0.1) is 15.8 Å². The molecule has 1 fully saturated rings. The van der Waals surface area contributed by atoms with Gasteiger partial charge in [0.25, 0.3) is 5.91 Å². The van der Waals surface area contributed by atoms with Crippen LogP contribution in [0.2, 0.25) is 5.02 Å². The lowest BCUT2D eigenvalue weighted by atomic mass is 10.0. The second-order valence-electron chi connectivity index (χ2n) is 5.49. The first-order valence-corrected chi connectivity index (χ1v) is 8.63. The van der Waals surface area contributed by atoms with Crippen LogP contribution < -0.4 is 5.32 Å². The highest BCUT2D eigenvalue weighted by Crippen LogP contribution is 2.28. The topological polar surface area (TPSA) is 49.4 Å². The summed E-state index contributed by atoms with van der Waals surface area (Å²) in [4.78, 5) is 27.4. The Labute approximate surface area is 156 Å². The maximum atomic E-state index is 12.9. The number of rotatable bonds is 3. The van der Waals surface area contributed by atoms with Crippen LogP contribution in [0.15, 0.2) is 36.4 Å². The Balaban J connectivity index is 0.00000208. The van der Waals surface area contributed by atoms with E-state index in [0.717, 1.165) is 12.1 Å². The molecule has 0 radical (unpaired) electrons. The van der Waals surface area contributed by atoms with Crippen LogP contribution in [0.5, 0.6) is 0 Å². The highest BCUT2D eigenvalue weighted by atomic mass is 35.5. The average molecular weight is 385 g/mol. The van der Waals surface area contributed by atoms with Crippen molar-refractivity contribution in [3.63, 3.8) is 0 Å². The molecule has 4 nitrogen and oxygen atoms in total. The number of halogens is 2. The number of thiophene rings is 1. The normalized spacial score (nSPS) is 17.2. The van der Waals surface area contributed by atoms with Gasteiger partial charge in [0.2, 0.25) is 0 Å². The largest absolute Gasteiger partial charge is 0.328 e. The Morgan fingerprint density at radius 3 is 2.67 bits per heavy atom. The van der Waals surface area contributed by atoms with Crippen molar-refractivity contribution >= 4 is 47.0 Å². The number of Topliss-reactive ketones (excluding diaryl/α,β-unsaturated/α-hetero) is 1. The first-order valence-electron chi connectivity index (χ1n) is 7.44. The van der Waals surface area contributed by atoms with E-state index < -0.39 is 0 Å². The molecule has 7 heteroatoms. The lowest BCUT2D eigenvalue weighted by molar-refractivity contribution is 0.0639. The third-order valence-electron chi connectivity index (χ3n) is 3.90. The lowest BCUT2D eigenvalue weighted by Crippen LogP contribution is -2.48. The predicted molar refractivity (Wildman–Crippen MR) is 99.7 cm³/mol. The molecule has 1 atom stereocenters. The van der Waals surface area contributed by atoms with Gasteiger partial charge in [0.15, 0.2) is 5.78 Å². The van der Waals surface area contributed by atoms with Crippen molar-refractivity contribution in [2.75, 3.05) is 19.6 Å². The smallest absolute Gasteiger partial charge is 0.264 e. The van der Waals surface area contributed by atoms with Crippen LogP contribution in [0.4, 0.5) is 0 Å². The van der Waals surface area contributed by atoms with Crippen molar-refractivity contribution in [1.82, 2.24) is 10.2 Å². The van der Waals surface area contributed by atoms with E-state index in [1.165, 1.54) is 18.3 Å². The molecule has 128 valence electrons. The van der Waals surface area contributed by atoms with Crippen molar-refractivity contribution in [3.8, 4) is 0 Å². The van der Waals surface area contributed by atoms with Gasteiger partial charge in [-0.3, -0.25) is 9.59 Å². The van der Waals surface area contributed by atoms with E-state index in [1.807, 2.05) is 29.2 Å². The van der Waals surface area contributed by atoms with E-state index in [1.54, 1.807) is 12.1 Å². The molecule has 0 bridgehead atoms. The van der Waals surface area contributed by atoms with Crippen LogP contribution in [0.25, 0.3) is 0 Å². The monoisotopic (exact) mass is 384 g/mol. The molecule has 1 saturated heterocycles. The quantitative estimate of drug-likeness (QED) is 0.818. The summed E-state index contributed by atoms with van der Waals surface area (Å²) < 4.78 is 0. The van der Waals surface area contributed by atoms with Gasteiger partial charge in [0.1, 0.15) is 0 Å². The van der Waals surface area contributed by atoms with E-state index in [0.29, 0.717) is 27.9 Å². The van der Waals surface area contributed by atoms with E-state index in [-0.39, 0.29) is 30.1 Å². The van der Waals surface area contributed by atoms with Gasteiger partial charge in [0, 0.05) is 24.7 Å². The van der Waals surface area contributed by atoms with Crippen LogP contribution in [-0.4, -0.2) is 36.2 Å². The third-order valence-corrected chi connectivity index (χ3v) is 5.31. The Bertz CT molecular complexity index is 748. The molecule has 2 aromatic rings. The van der Waals surface area contributed by atoms with Crippen molar-refractivity contribution in [1.29, 1.82) is 0 Å². The fourth-order valence-electron chi connectivity index (χ4n) is 2.74. The number of amides is 1. The Kier molecular flexibility index (Phi) is 6.40. The van der Waals surface area contributed by atoms with Gasteiger partial charge in [-0.2, -0.15) is 0 Å². The molecule has 1 aromatic heterocycles. The minimum absolute atomic E-state index is 0. The molecular formula is C17H18Cl2N2O2S. The van der Waals surface area contributed by atoms with Crippen LogP contribution >= 0.6 is 35.3 Å². The fraction of sp³-hybridized carbons (Fsp3) is 0.294. The zero-order valence-electron chi connectivity index (χ0n) is 13.1. The highest BCUT2D eigenvalue weighted by Gasteiger charge is 2.29. The minimum atomic E-state index is -0.0576. The summed E-state index contributed by atoms with van der Waals surface area (Å²) in [6, 6.07) is 11.0. The molecule has 0 saturated carbocycles. The van der Waals surface area contributed by atoms with Gasteiger partial charge >= 0.3 is 0 Å². The zero-order valence-corrected chi connectivity index (χ0v) is 15.5. The Morgan fingerprint density at radius 2 is 2.00 bits per heavy atom. The molecular weight excluding hydrogens is 367 g/mol. The number of ketones is 1. The summed E-state index contributed by atoms with van der Waals surface area (Å²) in [5, 5.41) is 3.99. The van der Waals surface area contributed by atoms with Crippen molar-refractivity contribution < 1.29 is 9.59 Å². The molecule has 1 aliphatic rings. The number of hydrogen-bond acceptors (Lipinski definition) is 4. The summed E-state index contributed by atoms with van der Waals surface area (Å²) in [5.41, 5.74) is 1.02. The summed E-state index contributed by atoms with van der Waals surface area (Å²) >= 11 is 7.34. The highest BCUT2D eigenvalue weighted by molar-refractivity contribution is 7.15. The molecule has 3 rings (SSSR count). The van der Waals surface area contributed by atoms with E-state index in [4.69, 9.17) is 11.6 Å². The SMILES string of the molecule is CC(=O)c1ccc(C(=O)N2CCNCC2c2cccc(Cl)c2)s1.Cl. The van der Waals surface area contributed by atoms with E-state index in [2.05, 4.69) is 5.32 Å². The zero-order chi connectivity index (χ0) is 16.4. The maximum Gasteiger partial charge on any atom is 0.264 e. The maximum absolute atomic E-state index is 12.9. The molecule has 0 aliphatic carbocycles. The Morgan fingerprint density at radius 1 is 1.25 bits per heavy atom. The molecule has 24 heavy (non-hydrogen) atoms. The molecule has 0 spiro atoms. The standard InChI is InChI=1S/C17H17ClN2O2S.ClH/c1-11(21)15-5-6-16(23-15)17(22)20-8-7-19-10-14(20)12-3-2-4-13(18)9-12;/h2-6,9,14,19H,7-8,10H2,1H3;1H. The fourth-order valence-corrected chi connectivity index (χ4v) is 3.80. The first kappa shape index (κ1) is 18.9.